The molecule has 0 heteroatoms. The van der Waals surface area contributed by atoms with Gasteiger partial charge in [-0.25, -0.2) is 0 Å². The third-order valence-electron chi connectivity index (χ3n) is 14.1. The summed E-state index contributed by atoms with van der Waals surface area (Å²) in [5, 5.41) is 0. The molecule has 0 amide bonds. The zero-order chi connectivity index (χ0) is 60.7. The zero-order valence-corrected chi connectivity index (χ0v) is 60.7. The van der Waals surface area contributed by atoms with Crippen molar-refractivity contribution in [2.75, 3.05) is 0 Å². The summed E-state index contributed by atoms with van der Waals surface area (Å²) in [5.41, 5.74) is 1.63. The second-order valence-corrected chi connectivity index (χ2v) is 27.9. The molecule has 0 rings (SSSR count). The molecule has 3 unspecified atom stereocenters. The Hall–Kier alpha value is 0. The molecule has 73 heavy (non-hydrogen) atoms. The quantitative estimate of drug-likeness (QED) is 0.0948. The summed E-state index contributed by atoms with van der Waals surface area (Å²) in [6.45, 7) is 83.4. The van der Waals surface area contributed by atoms with Crippen molar-refractivity contribution < 1.29 is 0 Å². The molecule has 0 fully saturated rings. The molecule has 0 aromatic heterocycles. The van der Waals surface area contributed by atoms with Gasteiger partial charge in [0.15, 0.2) is 0 Å². The predicted octanol–water partition coefficient (Wildman–Crippen LogP) is 29.5. The van der Waals surface area contributed by atoms with Gasteiger partial charge in [-0.05, 0) is 75.9 Å². The molecule has 460 valence electrons. The molecule has 0 aliphatic heterocycles. The van der Waals surface area contributed by atoms with Crippen LogP contribution in [0.3, 0.4) is 0 Å². The fourth-order valence-corrected chi connectivity index (χ4v) is 4.81. The van der Waals surface area contributed by atoms with Gasteiger partial charge in [-0.15, -0.1) is 0 Å². The van der Waals surface area contributed by atoms with E-state index >= 15 is 0 Å². The normalized spacial score (nSPS) is 11.9. The maximum absolute atomic E-state index is 2.31. The Labute approximate surface area is 477 Å². The summed E-state index contributed by atoms with van der Waals surface area (Å²) >= 11 is 0. The third kappa shape index (κ3) is 167. The van der Waals surface area contributed by atoms with E-state index in [1.54, 1.807) is 0 Å². The lowest BCUT2D eigenvalue weighted by molar-refractivity contribution is 0.373. The van der Waals surface area contributed by atoms with Crippen LogP contribution >= 0.6 is 0 Å². The van der Waals surface area contributed by atoms with Crippen molar-refractivity contribution in [1.29, 1.82) is 0 Å². The van der Waals surface area contributed by atoms with Crippen LogP contribution in [0.1, 0.15) is 410 Å². The number of hydrogen-bond donors (Lipinski definition) is 0. The average molecular weight is 1050 g/mol. The molecule has 0 aliphatic rings. The van der Waals surface area contributed by atoms with Gasteiger partial charge in [0.25, 0.3) is 0 Å². The topological polar surface area (TPSA) is 0 Å². The predicted molar refractivity (Wildman–Crippen MR) is 359 cm³/mol. The Balaban J connectivity index is -0.0000000644. The third-order valence-corrected chi connectivity index (χ3v) is 14.1. The molecule has 0 bridgehead atoms. The Kier molecular flexibility index (Phi) is 103. The van der Waals surface area contributed by atoms with E-state index in [1.807, 2.05) is 0 Å². The van der Waals surface area contributed by atoms with Gasteiger partial charge in [-0.2, -0.15) is 0 Å². The summed E-state index contributed by atoms with van der Waals surface area (Å²) in [5.74, 6) is 8.11. The first kappa shape index (κ1) is 98.4. The fraction of sp³-hybridized carbons (Fsp3) is 1.00. The number of unbranched alkanes of at least 4 members (excludes halogenated alkanes) is 6. The molecular formula is C73H168. The van der Waals surface area contributed by atoms with Crippen molar-refractivity contribution in [2.24, 2.45) is 69.5 Å². The first-order valence-electron chi connectivity index (χ1n) is 33.4. The molecule has 0 nitrogen and oxygen atoms in total. The SMILES string of the molecule is CC(C)C(C)C.CCC(C)(C)C.CCC(C)(C)C.CCC(C)C(C)C.CCC(C)CC.CCCC(C)(C)C.CCCC(C)CC.CCCC(C)CC.CCCCC(C)C.CCCCC(C)C.CCCCCCC. The van der Waals surface area contributed by atoms with Gasteiger partial charge >= 0.3 is 0 Å². The summed E-state index contributed by atoms with van der Waals surface area (Å²) in [6.07, 6.45) is 32.6. The Bertz CT molecular complexity index is 752. The highest BCUT2D eigenvalue weighted by Gasteiger charge is 2.06. The van der Waals surface area contributed by atoms with Gasteiger partial charge in [0.2, 0.25) is 0 Å². The van der Waals surface area contributed by atoms with E-state index in [2.05, 4.69) is 256 Å². The molecule has 0 aromatic carbocycles. The van der Waals surface area contributed by atoms with Crippen LogP contribution in [0.25, 0.3) is 0 Å². The minimum Gasteiger partial charge on any atom is -0.0654 e. The standard InChI is InChI=1S/7C7H16.4C6H14/c1-5-6-7(2,3)4;1-5-7(4)6(2)3;2*1-4-5-6-7(2)3;2*1-4-6-7(3)5-2;1-3-5-7-6-4-2;2*1-5-6(2,3)4;1-5(2)6(3)4;1-4-6(3)5-2/h5-6H2,1-4H3;6-7H,5H2,1-4H3;4*7H,4-6H2,1-3H3;3-7H2,1-2H3;2*5H2,1-4H3;5-6H,1-4H3;6H,4-5H2,1-3H3. The second-order valence-electron chi connectivity index (χ2n) is 27.9. The summed E-state index contributed by atoms with van der Waals surface area (Å²) in [7, 11) is 0. The maximum Gasteiger partial charge on any atom is -0.0383 e. The van der Waals surface area contributed by atoms with Crippen molar-refractivity contribution in [3.63, 3.8) is 0 Å². The largest absolute Gasteiger partial charge is 0.0654 e. The van der Waals surface area contributed by atoms with Crippen molar-refractivity contribution >= 4 is 0 Å². The highest BCUT2D eigenvalue weighted by molar-refractivity contribution is 4.59. The van der Waals surface area contributed by atoms with Crippen LogP contribution < -0.4 is 0 Å². The van der Waals surface area contributed by atoms with Crippen LogP contribution in [0, 0.1) is 69.5 Å². The van der Waals surface area contributed by atoms with Crippen LogP contribution in [0.5, 0.6) is 0 Å². The fourth-order valence-electron chi connectivity index (χ4n) is 4.81. The van der Waals surface area contributed by atoms with Crippen LogP contribution in [-0.2, 0) is 0 Å². The summed E-state index contributed by atoms with van der Waals surface area (Å²) < 4.78 is 0. The van der Waals surface area contributed by atoms with Gasteiger partial charge in [-0.3, -0.25) is 0 Å². The van der Waals surface area contributed by atoms with E-state index in [9.17, 15) is 0 Å². The van der Waals surface area contributed by atoms with Gasteiger partial charge in [0.05, 0.1) is 0 Å². The highest BCUT2D eigenvalue weighted by atomic mass is 14.1. The van der Waals surface area contributed by atoms with Crippen LogP contribution in [0.15, 0.2) is 0 Å². The average Bonchev–Trinajstić information content (AvgIpc) is 3.31. The monoisotopic (exact) mass is 1050 g/mol. The molecule has 0 radical (unpaired) electrons. The molecule has 0 saturated heterocycles. The number of rotatable bonds is 22. The zero-order valence-electron chi connectivity index (χ0n) is 60.7. The van der Waals surface area contributed by atoms with Crippen molar-refractivity contribution in [1.82, 2.24) is 0 Å². The van der Waals surface area contributed by atoms with Crippen LogP contribution in [0.4, 0.5) is 0 Å². The first-order valence-corrected chi connectivity index (χ1v) is 33.4. The van der Waals surface area contributed by atoms with Crippen molar-refractivity contribution in [2.45, 2.75) is 410 Å². The molecule has 0 aliphatic carbocycles. The molecule has 0 spiro atoms. The lowest BCUT2D eigenvalue weighted by atomic mass is 9.91. The Morgan fingerprint density at radius 3 is 0.562 bits per heavy atom. The highest BCUT2D eigenvalue weighted by Crippen LogP contribution is 2.20. The molecule has 0 N–H and O–H groups in total. The lowest BCUT2D eigenvalue weighted by Crippen LogP contribution is -2.02. The smallest absolute Gasteiger partial charge is 0.0383 e. The van der Waals surface area contributed by atoms with Crippen LogP contribution in [-0.4, -0.2) is 0 Å². The molecular weight excluding hydrogens is 877 g/mol. The first-order chi connectivity index (χ1) is 33.4. The summed E-state index contributed by atoms with van der Waals surface area (Å²) in [6, 6.07) is 0. The molecule has 0 aromatic rings. The van der Waals surface area contributed by atoms with Crippen LogP contribution in [0.2, 0.25) is 0 Å². The van der Waals surface area contributed by atoms with E-state index in [0.29, 0.717) is 16.2 Å². The van der Waals surface area contributed by atoms with E-state index < -0.39 is 0 Å². The van der Waals surface area contributed by atoms with Gasteiger partial charge in [0, 0.05) is 0 Å². The van der Waals surface area contributed by atoms with E-state index in [-0.39, 0.29) is 0 Å². The minimum atomic E-state index is 0.542. The Morgan fingerprint density at radius 1 is 0.247 bits per heavy atom. The Morgan fingerprint density at radius 2 is 0.507 bits per heavy atom. The molecule has 3 atom stereocenters. The minimum absolute atomic E-state index is 0.542. The lowest BCUT2D eigenvalue weighted by Gasteiger charge is -2.15. The molecule has 0 heterocycles. The summed E-state index contributed by atoms with van der Waals surface area (Å²) in [4.78, 5) is 0. The second kappa shape index (κ2) is 76.2. The number of hydrogen-bond acceptors (Lipinski definition) is 0. The van der Waals surface area contributed by atoms with Crippen molar-refractivity contribution in [3.05, 3.63) is 0 Å². The maximum atomic E-state index is 2.31. The van der Waals surface area contributed by atoms with E-state index in [4.69, 9.17) is 0 Å². The van der Waals surface area contributed by atoms with Crippen molar-refractivity contribution in [3.8, 4) is 0 Å². The van der Waals surface area contributed by atoms with Gasteiger partial charge in [0.1, 0.15) is 0 Å². The molecule has 0 saturated carbocycles. The van der Waals surface area contributed by atoms with E-state index in [1.165, 1.54) is 154 Å². The van der Waals surface area contributed by atoms with Gasteiger partial charge < -0.3 is 0 Å². The van der Waals surface area contributed by atoms with Gasteiger partial charge in [-0.1, -0.05) is 404 Å². The van der Waals surface area contributed by atoms with E-state index in [0.717, 1.165) is 53.3 Å².